The van der Waals surface area contributed by atoms with Crippen LogP contribution in [0.3, 0.4) is 0 Å². The van der Waals surface area contributed by atoms with E-state index in [2.05, 4.69) is 21.2 Å². The van der Waals surface area contributed by atoms with E-state index < -0.39 is 11.0 Å². The van der Waals surface area contributed by atoms with Crippen molar-refractivity contribution in [3.05, 3.63) is 97.8 Å². The van der Waals surface area contributed by atoms with Crippen molar-refractivity contribution in [2.75, 3.05) is 18.4 Å². The molecule has 4 rings (SSSR count). The molecule has 1 atom stereocenters. The van der Waals surface area contributed by atoms with Crippen LogP contribution in [0.15, 0.2) is 76.1 Å². The van der Waals surface area contributed by atoms with E-state index in [0.29, 0.717) is 30.2 Å². The minimum Gasteiger partial charge on any atom is -0.444 e. The van der Waals surface area contributed by atoms with Gasteiger partial charge >= 0.3 is 6.09 Å². The lowest BCUT2D eigenvalue weighted by molar-refractivity contribution is -0.117. The number of aromatic nitrogens is 1. The van der Waals surface area contributed by atoms with Crippen LogP contribution in [0.5, 0.6) is 0 Å². The SMILES string of the molecule is CC(C)(C)OC(=O)N1CCC(CC(=O)Nc2ccc(=O)n(Cc3ccccc3Cl)c2)(c2ccc(Br)cc2)C1. The highest BCUT2D eigenvalue weighted by Gasteiger charge is 2.44. The largest absolute Gasteiger partial charge is 0.444 e. The van der Waals surface area contributed by atoms with Crippen molar-refractivity contribution in [1.29, 1.82) is 0 Å². The van der Waals surface area contributed by atoms with Crippen molar-refractivity contribution >= 4 is 45.2 Å². The standard InChI is InChI=1S/C29H31BrClN3O4/c1-28(2,3)38-27(37)33-15-14-29(19-33,21-8-10-22(30)11-9-21)16-25(35)32-23-12-13-26(36)34(18-23)17-20-6-4-5-7-24(20)31/h4-13,18H,14-17,19H2,1-3H3,(H,32,35). The number of benzene rings is 2. The molecule has 1 N–H and O–H groups in total. The highest BCUT2D eigenvalue weighted by atomic mass is 79.9. The molecule has 2 amide bonds. The number of anilines is 1. The van der Waals surface area contributed by atoms with Gasteiger partial charge in [-0.2, -0.15) is 0 Å². The topological polar surface area (TPSA) is 80.6 Å². The third-order valence-corrected chi connectivity index (χ3v) is 7.42. The van der Waals surface area contributed by atoms with Crippen molar-refractivity contribution < 1.29 is 14.3 Å². The maximum absolute atomic E-state index is 13.4. The fourth-order valence-electron chi connectivity index (χ4n) is 4.69. The number of halogens is 2. The van der Waals surface area contributed by atoms with E-state index in [0.717, 1.165) is 15.6 Å². The Morgan fingerprint density at radius 3 is 2.47 bits per heavy atom. The highest BCUT2D eigenvalue weighted by molar-refractivity contribution is 9.10. The van der Waals surface area contributed by atoms with Crippen molar-refractivity contribution in [2.24, 2.45) is 0 Å². The lowest BCUT2D eigenvalue weighted by atomic mass is 9.76. The van der Waals surface area contributed by atoms with Gasteiger partial charge < -0.3 is 19.5 Å². The number of nitrogens with zero attached hydrogens (tertiary/aromatic N) is 2. The van der Waals surface area contributed by atoms with Crippen molar-refractivity contribution in [2.45, 2.75) is 51.2 Å². The Bertz CT molecular complexity index is 1380. The second kappa shape index (κ2) is 11.3. The molecule has 1 aromatic heterocycles. The van der Waals surface area contributed by atoms with Crippen LogP contribution in [-0.2, 0) is 21.5 Å². The van der Waals surface area contributed by atoms with E-state index in [9.17, 15) is 14.4 Å². The monoisotopic (exact) mass is 599 g/mol. The number of carbonyl (C=O) groups is 2. The van der Waals surface area contributed by atoms with Gasteiger partial charge in [0.25, 0.3) is 5.56 Å². The zero-order valence-corrected chi connectivity index (χ0v) is 24.0. The molecular weight excluding hydrogens is 570 g/mol. The number of nitrogens with one attached hydrogen (secondary N) is 1. The Morgan fingerprint density at radius 1 is 1.08 bits per heavy atom. The van der Waals surface area contributed by atoms with Crippen molar-refractivity contribution in [1.82, 2.24) is 9.47 Å². The summed E-state index contributed by atoms with van der Waals surface area (Å²) < 4.78 is 8.04. The molecule has 0 aliphatic carbocycles. The molecule has 2 heterocycles. The summed E-state index contributed by atoms with van der Waals surface area (Å²) in [6, 6.07) is 18.2. The molecule has 0 bridgehead atoms. The quantitative estimate of drug-likeness (QED) is 0.364. The molecule has 38 heavy (non-hydrogen) atoms. The average molecular weight is 601 g/mol. The minimum absolute atomic E-state index is 0.164. The Hall–Kier alpha value is -3.10. The predicted molar refractivity (Wildman–Crippen MR) is 153 cm³/mol. The molecule has 1 aliphatic heterocycles. The van der Waals surface area contributed by atoms with Gasteiger partial charge in [-0.3, -0.25) is 9.59 Å². The summed E-state index contributed by atoms with van der Waals surface area (Å²) in [6.07, 6.45) is 2.02. The summed E-state index contributed by atoms with van der Waals surface area (Å²) in [4.78, 5) is 40.3. The van der Waals surface area contributed by atoms with Gasteiger partial charge in [0, 0.05) is 46.7 Å². The van der Waals surface area contributed by atoms with Crippen LogP contribution >= 0.6 is 27.5 Å². The molecule has 1 saturated heterocycles. The van der Waals surface area contributed by atoms with E-state index >= 15 is 0 Å². The third kappa shape index (κ3) is 6.85. The van der Waals surface area contributed by atoms with E-state index in [1.165, 1.54) is 10.6 Å². The number of hydrogen-bond donors (Lipinski definition) is 1. The molecule has 2 aromatic carbocycles. The molecule has 9 heteroatoms. The van der Waals surface area contributed by atoms with Gasteiger partial charge in [0.15, 0.2) is 0 Å². The maximum atomic E-state index is 13.4. The maximum Gasteiger partial charge on any atom is 0.410 e. The van der Waals surface area contributed by atoms with Crippen LogP contribution in [0, 0.1) is 0 Å². The summed E-state index contributed by atoms with van der Waals surface area (Å²) >= 11 is 9.75. The molecule has 1 unspecified atom stereocenters. The molecule has 0 spiro atoms. The van der Waals surface area contributed by atoms with Gasteiger partial charge in [0.2, 0.25) is 5.91 Å². The molecule has 1 fully saturated rings. The van der Waals surface area contributed by atoms with Crippen molar-refractivity contribution in [3.8, 4) is 0 Å². The van der Waals surface area contributed by atoms with Gasteiger partial charge in [0.05, 0.1) is 12.2 Å². The van der Waals surface area contributed by atoms with Gasteiger partial charge in [0.1, 0.15) is 5.60 Å². The molecule has 0 radical (unpaired) electrons. The summed E-state index contributed by atoms with van der Waals surface area (Å²) in [7, 11) is 0. The zero-order chi connectivity index (χ0) is 27.5. The fraction of sp³-hybridized carbons (Fsp3) is 0.345. The molecule has 200 valence electrons. The average Bonchev–Trinajstić information content (AvgIpc) is 3.27. The molecule has 7 nitrogen and oxygen atoms in total. The number of carbonyl (C=O) groups excluding carboxylic acids is 2. The number of pyridine rings is 1. The van der Waals surface area contributed by atoms with Crippen molar-refractivity contribution in [3.63, 3.8) is 0 Å². The molecule has 3 aromatic rings. The second-order valence-corrected chi connectivity index (χ2v) is 12.0. The first-order valence-electron chi connectivity index (χ1n) is 12.4. The Morgan fingerprint density at radius 2 is 1.79 bits per heavy atom. The van der Waals surface area contributed by atoms with Crippen LogP contribution in [0.2, 0.25) is 5.02 Å². The zero-order valence-electron chi connectivity index (χ0n) is 21.7. The lowest BCUT2D eigenvalue weighted by Gasteiger charge is -2.30. The molecule has 1 aliphatic rings. The van der Waals surface area contributed by atoms with Gasteiger partial charge in [-0.05, 0) is 62.6 Å². The number of likely N-dealkylation sites (tertiary alicyclic amines) is 1. The van der Waals surface area contributed by atoms with E-state index in [4.69, 9.17) is 16.3 Å². The number of amides is 2. The minimum atomic E-state index is -0.607. The number of ether oxygens (including phenoxy) is 1. The van der Waals surface area contributed by atoms with Gasteiger partial charge in [-0.1, -0.05) is 57.9 Å². The van der Waals surface area contributed by atoms with E-state index in [1.54, 1.807) is 23.2 Å². The first kappa shape index (κ1) is 27.9. The summed E-state index contributed by atoms with van der Waals surface area (Å²) in [5.74, 6) is -0.207. The molecule has 0 saturated carbocycles. The van der Waals surface area contributed by atoms with Crippen LogP contribution in [-0.4, -0.2) is 40.2 Å². The van der Waals surface area contributed by atoms with Gasteiger partial charge in [-0.25, -0.2) is 4.79 Å². The lowest BCUT2D eigenvalue weighted by Crippen LogP contribution is -2.39. The fourth-order valence-corrected chi connectivity index (χ4v) is 5.15. The summed E-state index contributed by atoms with van der Waals surface area (Å²) in [6.45, 7) is 6.64. The first-order valence-corrected chi connectivity index (χ1v) is 13.6. The Kier molecular flexibility index (Phi) is 8.33. The van der Waals surface area contributed by atoms with Crippen LogP contribution in [0.25, 0.3) is 0 Å². The highest BCUT2D eigenvalue weighted by Crippen LogP contribution is 2.39. The molecular formula is C29H31BrClN3O4. The Balaban J connectivity index is 1.54. The third-order valence-electron chi connectivity index (χ3n) is 6.53. The van der Waals surface area contributed by atoms with Gasteiger partial charge in [-0.15, -0.1) is 0 Å². The predicted octanol–water partition coefficient (Wildman–Crippen LogP) is 6.22. The number of rotatable bonds is 6. The van der Waals surface area contributed by atoms with E-state index in [1.807, 2.05) is 63.2 Å². The number of hydrogen-bond acceptors (Lipinski definition) is 4. The van der Waals surface area contributed by atoms with E-state index in [-0.39, 0.29) is 30.5 Å². The summed E-state index contributed by atoms with van der Waals surface area (Å²) in [5.41, 5.74) is 0.915. The van der Waals surface area contributed by atoms with Crippen LogP contribution in [0.1, 0.15) is 44.7 Å². The van der Waals surface area contributed by atoms with Crippen LogP contribution < -0.4 is 10.9 Å². The normalized spacial score (nSPS) is 17.3. The Labute approximate surface area is 235 Å². The first-order chi connectivity index (χ1) is 17.9. The summed E-state index contributed by atoms with van der Waals surface area (Å²) in [5, 5.41) is 3.52. The van der Waals surface area contributed by atoms with Crippen LogP contribution in [0.4, 0.5) is 10.5 Å². The second-order valence-electron chi connectivity index (χ2n) is 10.6. The smallest absolute Gasteiger partial charge is 0.410 e.